The zero-order valence-electron chi connectivity index (χ0n) is 17.7. The standard InChI is InChI=1S/C24H26N2O5/c1-3-4-10-21(24(27)28)26-30-15-18-11-13-20(14-12-18)29-16-22-17(2)31-23(25-22)19-8-6-5-7-9-19/h5-9,11-14H,3-4,10,15-16H2,1-2H3,(H,27,28)/b26-21-. The van der Waals surface area contributed by atoms with Crippen LogP contribution in [0.25, 0.3) is 11.5 Å². The summed E-state index contributed by atoms with van der Waals surface area (Å²) in [5, 5.41) is 12.9. The van der Waals surface area contributed by atoms with Crippen molar-refractivity contribution in [1.82, 2.24) is 4.98 Å². The van der Waals surface area contributed by atoms with Crippen LogP contribution in [0.2, 0.25) is 0 Å². The minimum Gasteiger partial charge on any atom is -0.487 e. The van der Waals surface area contributed by atoms with Gasteiger partial charge in [0.2, 0.25) is 5.89 Å². The van der Waals surface area contributed by atoms with Crippen LogP contribution < -0.4 is 4.74 Å². The molecule has 162 valence electrons. The second-order valence-electron chi connectivity index (χ2n) is 7.04. The van der Waals surface area contributed by atoms with Crippen LogP contribution in [0, 0.1) is 6.92 Å². The van der Waals surface area contributed by atoms with Crippen molar-refractivity contribution < 1.29 is 23.9 Å². The quantitative estimate of drug-likeness (QED) is 0.329. The molecule has 0 amide bonds. The Bertz CT molecular complexity index is 1010. The molecule has 0 fully saturated rings. The first-order chi connectivity index (χ1) is 15.1. The fraction of sp³-hybridized carbons (Fsp3) is 0.292. The number of oxazole rings is 1. The predicted molar refractivity (Wildman–Crippen MR) is 117 cm³/mol. The van der Waals surface area contributed by atoms with Crippen molar-refractivity contribution >= 4 is 11.7 Å². The van der Waals surface area contributed by atoms with Gasteiger partial charge in [-0.05, 0) is 43.2 Å². The number of carboxylic acid groups (broad SMARTS) is 1. The number of rotatable bonds is 11. The Hall–Kier alpha value is -3.61. The number of nitrogens with zero attached hydrogens (tertiary/aromatic N) is 2. The number of hydrogen-bond acceptors (Lipinski definition) is 6. The van der Waals surface area contributed by atoms with Crippen LogP contribution in [0.15, 0.2) is 64.2 Å². The molecule has 31 heavy (non-hydrogen) atoms. The molecule has 7 nitrogen and oxygen atoms in total. The first kappa shape index (κ1) is 22.1. The van der Waals surface area contributed by atoms with Crippen molar-refractivity contribution in [3.63, 3.8) is 0 Å². The monoisotopic (exact) mass is 422 g/mol. The molecular weight excluding hydrogens is 396 g/mol. The molecule has 0 unspecified atom stereocenters. The normalized spacial score (nSPS) is 11.4. The number of hydrogen-bond donors (Lipinski definition) is 1. The van der Waals surface area contributed by atoms with E-state index in [4.69, 9.17) is 19.1 Å². The Kier molecular flexibility index (Phi) is 7.81. The highest BCUT2D eigenvalue weighted by Crippen LogP contribution is 2.22. The van der Waals surface area contributed by atoms with Gasteiger partial charge in [-0.3, -0.25) is 0 Å². The number of aliphatic carboxylic acids is 1. The minimum absolute atomic E-state index is 0.0413. The van der Waals surface area contributed by atoms with E-state index in [1.54, 1.807) is 0 Å². The van der Waals surface area contributed by atoms with Gasteiger partial charge in [0.25, 0.3) is 0 Å². The van der Waals surface area contributed by atoms with Crippen LogP contribution in [0.1, 0.15) is 43.2 Å². The molecule has 7 heteroatoms. The Labute approximate surface area is 181 Å². The fourth-order valence-corrected chi connectivity index (χ4v) is 2.82. The largest absolute Gasteiger partial charge is 0.487 e. The third kappa shape index (κ3) is 6.44. The molecule has 1 aromatic heterocycles. The van der Waals surface area contributed by atoms with Crippen molar-refractivity contribution in [1.29, 1.82) is 0 Å². The molecule has 3 aromatic rings. The second kappa shape index (κ2) is 11.0. The summed E-state index contributed by atoms with van der Waals surface area (Å²) in [4.78, 5) is 20.9. The van der Waals surface area contributed by atoms with Gasteiger partial charge in [0.1, 0.15) is 30.4 Å². The Morgan fingerprint density at radius 1 is 1.10 bits per heavy atom. The maximum absolute atomic E-state index is 11.1. The first-order valence-corrected chi connectivity index (χ1v) is 10.2. The number of aromatic nitrogens is 1. The van der Waals surface area contributed by atoms with E-state index in [1.807, 2.05) is 68.4 Å². The second-order valence-corrected chi connectivity index (χ2v) is 7.04. The van der Waals surface area contributed by atoms with Crippen molar-refractivity contribution in [2.45, 2.75) is 46.3 Å². The van der Waals surface area contributed by atoms with Gasteiger partial charge in [-0.15, -0.1) is 0 Å². The van der Waals surface area contributed by atoms with Crippen LogP contribution in [-0.2, 0) is 22.8 Å². The average Bonchev–Trinajstić information content (AvgIpc) is 3.16. The van der Waals surface area contributed by atoms with E-state index in [0.717, 1.165) is 35.4 Å². The fourth-order valence-electron chi connectivity index (χ4n) is 2.82. The maximum atomic E-state index is 11.1. The highest BCUT2D eigenvalue weighted by molar-refractivity contribution is 6.35. The molecular formula is C24H26N2O5. The summed E-state index contributed by atoms with van der Waals surface area (Å²) in [6.07, 6.45) is 2.06. The molecule has 0 atom stereocenters. The third-order valence-electron chi connectivity index (χ3n) is 4.63. The molecule has 0 spiro atoms. The van der Waals surface area contributed by atoms with Gasteiger partial charge >= 0.3 is 5.97 Å². The van der Waals surface area contributed by atoms with Gasteiger partial charge in [0.15, 0.2) is 5.71 Å². The smallest absolute Gasteiger partial charge is 0.353 e. The third-order valence-corrected chi connectivity index (χ3v) is 4.63. The van der Waals surface area contributed by atoms with Crippen LogP contribution in [0.4, 0.5) is 0 Å². The van der Waals surface area contributed by atoms with Crippen LogP contribution in [0.5, 0.6) is 5.75 Å². The number of aryl methyl sites for hydroxylation is 1. The Balaban J connectivity index is 1.53. The van der Waals surface area contributed by atoms with Crippen molar-refractivity contribution in [2.75, 3.05) is 0 Å². The molecule has 0 radical (unpaired) electrons. The van der Waals surface area contributed by atoms with Crippen molar-refractivity contribution in [3.8, 4) is 17.2 Å². The molecule has 3 rings (SSSR count). The van der Waals surface area contributed by atoms with Crippen LogP contribution >= 0.6 is 0 Å². The molecule has 0 aliphatic carbocycles. The van der Waals surface area contributed by atoms with Gasteiger partial charge in [-0.1, -0.05) is 48.8 Å². The summed E-state index contributed by atoms with van der Waals surface area (Å²) in [7, 11) is 0. The summed E-state index contributed by atoms with van der Waals surface area (Å²) in [5.74, 6) is 0.935. The van der Waals surface area contributed by atoms with E-state index in [1.165, 1.54) is 0 Å². The molecule has 0 saturated carbocycles. The summed E-state index contributed by atoms with van der Waals surface area (Å²) < 4.78 is 11.6. The molecule has 2 aromatic carbocycles. The number of unbranched alkanes of at least 4 members (excludes halogenated alkanes) is 1. The average molecular weight is 422 g/mol. The summed E-state index contributed by atoms with van der Waals surface area (Å²) in [5.41, 5.74) is 2.57. The van der Waals surface area contributed by atoms with E-state index in [2.05, 4.69) is 10.1 Å². The predicted octanol–water partition coefficient (Wildman–Crippen LogP) is 5.38. The lowest BCUT2D eigenvalue weighted by Gasteiger charge is -2.06. The van der Waals surface area contributed by atoms with Gasteiger partial charge in [0, 0.05) is 12.0 Å². The number of carbonyl (C=O) groups is 1. The molecule has 1 heterocycles. The molecule has 0 aliphatic heterocycles. The zero-order valence-corrected chi connectivity index (χ0v) is 17.7. The van der Waals surface area contributed by atoms with E-state index < -0.39 is 5.97 Å². The summed E-state index contributed by atoms with van der Waals surface area (Å²) in [6.45, 7) is 4.34. The van der Waals surface area contributed by atoms with Crippen LogP contribution in [0.3, 0.4) is 0 Å². The molecule has 0 aliphatic rings. The first-order valence-electron chi connectivity index (χ1n) is 10.2. The molecule has 0 saturated heterocycles. The highest BCUT2D eigenvalue weighted by atomic mass is 16.6. The molecule has 1 N–H and O–H groups in total. The number of ether oxygens (including phenoxy) is 1. The van der Waals surface area contributed by atoms with Crippen LogP contribution in [-0.4, -0.2) is 21.8 Å². The maximum Gasteiger partial charge on any atom is 0.353 e. The summed E-state index contributed by atoms with van der Waals surface area (Å²) in [6, 6.07) is 17.1. The van der Waals surface area contributed by atoms with Crippen molar-refractivity contribution in [3.05, 3.63) is 71.6 Å². The van der Waals surface area contributed by atoms with E-state index >= 15 is 0 Å². The van der Waals surface area contributed by atoms with E-state index in [-0.39, 0.29) is 12.3 Å². The highest BCUT2D eigenvalue weighted by Gasteiger charge is 2.12. The Morgan fingerprint density at radius 2 is 1.84 bits per heavy atom. The number of benzene rings is 2. The lowest BCUT2D eigenvalue weighted by atomic mass is 10.2. The lowest BCUT2D eigenvalue weighted by molar-refractivity contribution is -0.129. The van der Waals surface area contributed by atoms with Crippen molar-refractivity contribution in [2.24, 2.45) is 5.16 Å². The van der Waals surface area contributed by atoms with Gasteiger partial charge in [-0.2, -0.15) is 0 Å². The molecule has 0 bridgehead atoms. The van der Waals surface area contributed by atoms with E-state index in [0.29, 0.717) is 24.7 Å². The Morgan fingerprint density at radius 3 is 2.52 bits per heavy atom. The van der Waals surface area contributed by atoms with Gasteiger partial charge in [-0.25, -0.2) is 9.78 Å². The lowest BCUT2D eigenvalue weighted by Crippen LogP contribution is -2.13. The minimum atomic E-state index is -1.05. The topological polar surface area (TPSA) is 94.2 Å². The number of oxime groups is 1. The van der Waals surface area contributed by atoms with E-state index in [9.17, 15) is 4.79 Å². The van der Waals surface area contributed by atoms with Gasteiger partial charge in [0.05, 0.1) is 0 Å². The van der Waals surface area contributed by atoms with Gasteiger partial charge < -0.3 is 19.1 Å². The number of carboxylic acids is 1. The SMILES string of the molecule is CCCC/C(=N/OCc1ccc(OCc2nc(-c3ccccc3)oc2C)cc1)C(=O)O. The zero-order chi connectivity index (χ0) is 22.1. The summed E-state index contributed by atoms with van der Waals surface area (Å²) >= 11 is 0.